The molecule has 17 heavy (non-hydrogen) atoms. The van der Waals surface area contributed by atoms with Gasteiger partial charge >= 0.3 is 0 Å². The SMILES string of the molecule is NC1(COCc2cc(F)ccc2Br)CCCC1. The number of halogens is 2. The molecule has 0 aliphatic heterocycles. The fourth-order valence-corrected chi connectivity index (χ4v) is 2.60. The van der Waals surface area contributed by atoms with Crippen molar-refractivity contribution in [2.24, 2.45) is 5.73 Å². The molecule has 0 bridgehead atoms. The highest BCUT2D eigenvalue weighted by Gasteiger charge is 2.29. The normalized spacial score (nSPS) is 18.5. The lowest BCUT2D eigenvalue weighted by atomic mass is 10.0. The maximum absolute atomic E-state index is 13.0. The second-order valence-electron chi connectivity index (χ2n) is 4.80. The predicted molar refractivity (Wildman–Crippen MR) is 69.1 cm³/mol. The smallest absolute Gasteiger partial charge is 0.123 e. The number of hydrogen-bond donors (Lipinski definition) is 1. The number of hydrogen-bond acceptors (Lipinski definition) is 2. The Morgan fingerprint density at radius 2 is 2.06 bits per heavy atom. The molecule has 4 heteroatoms. The molecule has 2 N–H and O–H groups in total. The number of ether oxygens (including phenoxy) is 1. The van der Waals surface area contributed by atoms with Crippen molar-refractivity contribution in [3.63, 3.8) is 0 Å². The van der Waals surface area contributed by atoms with Gasteiger partial charge in [0.15, 0.2) is 0 Å². The van der Waals surface area contributed by atoms with E-state index >= 15 is 0 Å². The summed E-state index contributed by atoms with van der Waals surface area (Å²) in [7, 11) is 0. The van der Waals surface area contributed by atoms with E-state index < -0.39 is 0 Å². The van der Waals surface area contributed by atoms with E-state index in [0.29, 0.717) is 13.2 Å². The van der Waals surface area contributed by atoms with Crippen molar-refractivity contribution >= 4 is 15.9 Å². The van der Waals surface area contributed by atoms with Crippen LogP contribution in [-0.4, -0.2) is 12.1 Å². The average molecular weight is 302 g/mol. The molecular weight excluding hydrogens is 285 g/mol. The minimum absolute atomic E-state index is 0.167. The van der Waals surface area contributed by atoms with Gasteiger partial charge in [-0.3, -0.25) is 0 Å². The summed E-state index contributed by atoms with van der Waals surface area (Å²) in [5.41, 5.74) is 6.84. The van der Waals surface area contributed by atoms with Gasteiger partial charge in [0.2, 0.25) is 0 Å². The molecule has 1 aliphatic rings. The Bertz CT molecular complexity index is 391. The standard InChI is InChI=1S/C13H17BrFNO/c14-12-4-3-11(15)7-10(12)8-17-9-13(16)5-1-2-6-13/h3-4,7H,1-2,5-6,8-9,16H2. The maximum Gasteiger partial charge on any atom is 0.123 e. The molecule has 0 spiro atoms. The first-order valence-corrected chi connectivity index (χ1v) is 6.69. The Hall–Kier alpha value is -0.450. The van der Waals surface area contributed by atoms with Crippen molar-refractivity contribution in [3.8, 4) is 0 Å². The fraction of sp³-hybridized carbons (Fsp3) is 0.538. The highest BCUT2D eigenvalue weighted by molar-refractivity contribution is 9.10. The third-order valence-electron chi connectivity index (χ3n) is 3.25. The van der Waals surface area contributed by atoms with Gasteiger partial charge in [0, 0.05) is 10.0 Å². The molecule has 1 aromatic rings. The van der Waals surface area contributed by atoms with E-state index in [9.17, 15) is 4.39 Å². The number of benzene rings is 1. The minimum atomic E-state index is -0.241. The fourth-order valence-electron chi connectivity index (χ4n) is 2.24. The van der Waals surface area contributed by atoms with Gasteiger partial charge in [0.25, 0.3) is 0 Å². The van der Waals surface area contributed by atoms with E-state index in [-0.39, 0.29) is 11.4 Å². The molecule has 2 nitrogen and oxygen atoms in total. The van der Waals surface area contributed by atoms with Crippen molar-refractivity contribution in [3.05, 3.63) is 34.1 Å². The van der Waals surface area contributed by atoms with Gasteiger partial charge in [-0.25, -0.2) is 4.39 Å². The Kier molecular flexibility index (Phi) is 4.17. The molecule has 1 aliphatic carbocycles. The van der Waals surface area contributed by atoms with Gasteiger partial charge in [-0.2, -0.15) is 0 Å². The van der Waals surface area contributed by atoms with Crippen LogP contribution in [-0.2, 0) is 11.3 Å². The minimum Gasteiger partial charge on any atom is -0.375 e. The first kappa shape index (κ1) is 13.0. The first-order valence-electron chi connectivity index (χ1n) is 5.90. The van der Waals surface area contributed by atoms with Crippen molar-refractivity contribution in [2.75, 3.05) is 6.61 Å². The average Bonchev–Trinajstić information content (AvgIpc) is 2.71. The molecule has 1 fully saturated rings. The molecular formula is C13H17BrFNO. The monoisotopic (exact) mass is 301 g/mol. The van der Waals surface area contributed by atoms with Crippen molar-refractivity contribution in [1.82, 2.24) is 0 Å². The van der Waals surface area contributed by atoms with Crippen LogP contribution >= 0.6 is 15.9 Å². The summed E-state index contributed by atoms with van der Waals surface area (Å²) in [6, 6.07) is 4.61. The molecule has 0 saturated heterocycles. The van der Waals surface area contributed by atoms with Gasteiger partial charge in [0.05, 0.1) is 13.2 Å². The Morgan fingerprint density at radius 1 is 1.35 bits per heavy atom. The summed E-state index contributed by atoms with van der Waals surface area (Å²) >= 11 is 3.38. The molecule has 0 unspecified atom stereocenters. The van der Waals surface area contributed by atoms with Crippen LogP contribution in [0.3, 0.4) is 0 Å². The zero-order valence-electron chi connectivity index (χ0n) is 9.72. The van der Waals surface area contributed by atoms with E-state index in [4.69, 9.17) is 10.5 Å². The summed E-state index contributed by atoms with van der Waals surface area (Å²) in [6.45, 7) is 0.952. The van der Waals surface area contributed by atoms with Gasteiger partial charge in [-0.1, -0.05) is 28.8 Å². The van der Waals surface area contributed by atoms with Gasteiger partial charge in [0.1, 0.15) is 5.82 Å². The summed E-state index contributed by atoms with van der Waals surface area (Å²) in [5.74, 6) is -0.241. The third kappa shape index (κ3) is 3.50. The molecule has 94 valence electrons. The topological polar surface area (TPSA) is 35.2 Å². The third-order valence-corrected chi connectivity index (χ3v) is 4.03. The highest BCUT2D eigenvalue weighted by Crippen LogP contribution is 2.28. The molecule has 0 radical (unpaired) electrons. The summed E-state index contributed by atoms with van der Waals surface area (Å²) in [4.78, 5) is 0. The van der Waals surface area contributed by atoms with E-state index in [0.717, 1.165) is 22.9 Å². The number of nitrogens with two attached hydrogens (primary N) is 1. The molecule has 0 heterocycles. The lowest BCUT2D eigenvalue weighted by molar-refractivity contribution is 0.0746. The maximum atomic E-state index is 13.0. The van der Waals surface area contributed by atoms with E-state index in [2.05, 4.69) is 15.9 Å². The van der Waals surface area contributed by atoms with E-state index in [1.54, 1.807) is 6.07 Å². The molecule has 0 amide bonds. The second kappa shape index (κ2) is 5.46. The lowest BCUT2D eigenvalue weighted by Crippen LogP contribution is -2.41. The van der Waals surface area contributed by atoms with Crippen molar-refractivity contribution in [1.29, 1.82) is 0 Å². The van der Waals surface area contributed by atoms with Crippen LogP contribution in [0.25, 0.3) is 0 Å². The Balaban J connectivity index is 1.87. The molecule has 1 aromatic carbocycles. The predicted octanol–water partition coefficient (Wildman–Crippen LogP) is 3.38. The number of rotatable bonds is 4. The molecule has 1 saturated carbocycles. The van der Waals surface area contributed by atoms with Crippen molar-refractivity contribution in [2.45, 2.75) is 37.8 Å². The van der Waals surface area contributed by atoms with Crippen LogP contribution in [0, 0.1) is 5.82 Å². The zero-order chi connectivity index (χ0) is 12.3. The van der Waals surface area contributed by atoms with Gasteiger partial charge in [-0.15, -0.1) is 0 Å². The van der Waals surface area contributed by atoms with Crippen LogP contribution in [0.15, 0.2) is 22.7 Å². The van der Waals surface area contributed by atoms with Crippen LogP contribution < -0.4 is 5.73 Å². The summed E-state index contributed by atoms with van der Waals surface area (Å²) in [5, 5.41) is 0. The molecule has 0 atom stereocenters. The Labute approximate surface area is 109 Å². The van der Waals surface area contributed by atoms with Crippen molar-refractivity contribution < 1.29 is 9.13 Å². The zero-order valence-corrected chi connectivity index (χ0v) is 11.3. The second-order valence-corrected chi connectivity index (χ2v) is 5.65. The van der Waals surface area contributed by atoms with Gasteiger partial charge < -0.3 is 10.5 Å². The van der Waals surface area contributed by atoms with Crippen LogP contribution in [0.2, 0.25) is 0 Å². The Morgan fingerprint density at radius 3 is 2.76 bits per heavy atom. The van der Waals surface area contributed by atoms with Crippen LogP contribution in [0.1, 0.15) is 31.2 Å². The van der Waals surface area contributed by atoms with Crippen LogP contribution in [0.4, 0.5) is 4.39 Å². The molecule has 0 aromatic heterocycles. The van der Waals surface area contributed by atoms with Crippen LogP contribution in [0.5, 0.6) is 0 Å². The van der Waals surface area contributed by atoms with E-state index in [1.165, 1.54) is 25.0 Å². The lowest BCUT2D eigenvalue weighted by Gasteiger charge is -2.23. The molecule has 2 rings (SSSR count). The van der Waals surface area contributed by atoms with Gasteiger partial charge in [-0.05, 0) is 36.6 Å². The first-order chi connectivity index (χ1) is 8.09. The largest absolute Gasteiger partial charge is 0.375 e. The quantitative estimate of drug-likeness (QED) is 0.925. The summed E-state index contributed by atoms with van der Waals surface area (Å²) < 4.78 is 19.5. The highest BCUT2D eigenvalue weighted by atomic mass is 79.9. The summed E-state index contributed by atoms with van der Waals surface area (Å²) in [6.07, 6.45) is 4.42. The van der Waals surface area contributed by atoms with E-state index in [1.807, 2.05) is 0 Å².